The summed E-state index contributed by atoms with van der Waals surface area (Å²) in [5.41, 5.74) is 14.9. The molecule has 0 amide bonds. The molecule has 0 nitrogen and oxygen atoms in total. The topological polar surface area (TPSA) is 0 Å². The van der Waals surface area contributed by atoms with E-state index in [1.807, 2.05) is 0 Å². The van der Waals surface area contributed by atoms with Gasteiger partial charge in [-0.15, -0.1) is 0 Å². The summed E-state index contributed by atoms with van der Waals surface area (Å²) in [5.74, 6) is 2.20. The van der Waals surface area contributed by atoms with E-state index in [-0.39, 0.29) is 10.8 Å². The molecule has 2 aliphatic carbocycles. The Morgan fingerprint density at radius 3 is 1.18 bits per heavy atom. The minimum Gasteiger partial charge on any atom is -0.0656 e. The van der Waals surface area contributed by atoms with Crippen molar-refractivity contribution in [2.45, 2.75) is 137 Å². The number of rotatable bonds is 14. The molecule has 4 aromatic rings. The van der Waals surface area contributed by atoms with Crippen LogP contribution in [0, 0.1) is 23.7 Å². The molecule has 2 aliphatic rings. The third-order valence-electron chi connectivity index (χ3n) is 13.6. The Morgan fingerprint density at radius 1 is 0.471 bits per heavy atom. The third kappa shape index (κ3) is 6.07. The SMILES string of the molecule is CCCC(C)C1(C(C)CCC)c2cc(Br)ccc2-c2ccc(-c3ccc4c(c3)C(C(C)CCC)(C(C)CCC)c3cc([Si](C)(C)C)ccc3-4)cc21. The molecule has 4 atom stereocenters. The molecule has 6 rings (SSSR count). The van der Waals surface area contributed by atoms with Crippen LogP contribution >= 0.6 is 15.9 Å². The summed E-state index contributed by atoms with van der Waals surface area (Å²) < 4.78 is 1.19. The zero-order valence-electron chi connectivity index (χ0n) is 33.8. The van der Waals surface area contributed by atoms with Gasteiger partial charge in [0.15, 0.2) is 0 Å². The molecule has 0 N–H and O–H groups in total. The average molecular weight is 762 g/mol. The highest BCUT2D eigenvalue weighted by Gasteiger charge is 2.52. The molecule has 0 saturated heterocycles. The van der Waals surface area contributed by atoms with Crippen LogP contribution in [0.5, 0.6) is 0 Å². The molecule has 2 heteroatoms. The van der Waals surface area contributed by atoms with Crippen molar-refractivity contribution >= 4 is 29.2 Å². The molecule has 4 aromatic carbocycles. The van der Waals surface area contributed by atoms with Gasteiger partial charge in [0.05, 0.1) is 8.07 Å². The van der Waals surface area contributed by atoms with Gasteiger partial charge in [0.2, 0.25) is 0 Å². The van der Waals surface area contributed by atoms with Crippen molar-refractivity contribution in [3.8, 4) is 33.4 Å². The Bertz CT molecular complexity index is 1850. The van der Waals surface area contributed by atoms with Gasteiger partial charge in [0.1, 0.15) is 0 Å². The number of benzene rings is 4. The largest absolute Gasteiger partial charge is 0.0776 e. The molecule has 0 aliphatic heterocycles. The van der Waals surface area contributed by atoms with Crippen molar-refractivity contribution in [3.63, 3.8) is 0 Å². The van der Waals surface area contributed by atoms with E-state index in [0.29, 0.717) is 23.7 Å². The quantitative estimate of drug-likeness (QED) is 0.112. The van der Waals surface area contributed by atoms with Crippen LogP contribution in [0.15, 0.2) is 77.3 Å². The molecule has 0 aromatic heterocycles. The molecule has 51 heavy (non-hydrogen) atoms. The van der Waals surface area contributed by atoms with Gasteiger partial charge in [0.25, 0.3) is 0 Å². The summed E-state index contributed by atoms with van der Waals surface area (Å²) in [6, 6.07) is 29.9. The first kappa shape index (κ1) is 38.3. The van der Waals surface area contributed by atoms with Crippen molar-refractivity contribution < 1.29 is 0 Å². The lowest BCUT2D eigenvalue weighted by Crippen LogP contribution is -2.43. The van der Waals surface area contributed by atoms with Crippen LogP contribution in [-0.2, 0) is 10.8 Å². The molecule has 272 valence electrons. The highest BCUT2D eigenvalue weighted by Crippen LogP contribution is 2.61. The predicted octanol–water partition coefficient (Wildman–Crippen LogP) is 14.9. The minimum absolute atomic E-state index is 0.00821. The van der Waals surface area contributed by atoms with Crippen LogP contribution in [0.2, 0.25) is 19.6 Å². The van der Waals surface area contributed by atoms with Gasteiger partial charge in [-0.2, -0.15) is 0 Å². The lowest BCUT2D eigenvalue weighted by Gasteiger charge is -2.44. The maximum absolute atomic E-state index is 3.90. The van der Waals surface area contributed by atoms with Gasteiger partial charge in [-0.05, 0) is 129 Å². The Balaban J connectivity index is 1.61. The molecule has 0 radical (unpaired) electrons. The van der Waals surface area contributed by atoms with Crippen molar-refractivity contribution in [2.24, 2.45) is 23.7 Å². The van der Waals surface area contributed by atoms with E-state index in [9.17, 15) is 0 Å². The molecule has 4 unspecified atom stereocenters. The van der Waals surface area contributed by atoms with Gasteiger partial charge >= 0.3 is 0 Å². The summed E-state index contributed by atoms with van der Waals surface area (Å²) in [7, 11) is -1.50. The van der Waals surface area contributed by atoms with Crippen LogP contribution in [-0.4, -0.2) is 8.07 Å². The second-order valence-electron chi connectivity index (χ2n) is 17.7. The maximum Gasteiger partial charge on any atom is 0.0776 e. The summed E-state index contributed by atoms with van der Waals surface area (Å²) in [5, 5.41) is 1.59. The Hall–Kier alpha value is -2.42. The zero-order valence-corrected chi connectivity index (χ0v) is 36.4. The van der Waals surface area contributed by atoms with Crippen LogP contribution in [0.25, 0.3) is 33.4 Å². The standard InChI is InChI=1S/C49H65BrSi/c1-12-16-32(5)48(33(6)17-13-2)44-28-36(20-24-40(44)42-26-22-38(50)30-46(42)48)37-21-25-41-43-27-23-39(51(9,10)11)31-47(43)49(45(41)29-37,34(7)18-14-3)35(8)19-15-4/h20-35H,12-19H2,1-11H3. The first-order valence-corrected chi connectivity index (χ1v) is 24.9. The Labute approximate surface area is 321 Å². The zero-order chi connectivity index (χ0) is 36.9. The van der Waals surface area contributed by atoms with Crippen LogP contribution < -0.4 is 5.19 Å². The van der Waals surface area contributed by atoms with E-state index in [4.69, 9.17) is 0 Å². The third-order valence-corrected chi connectivity index (χ3v) is 16.1. The molecular formula is C49H65BrSi. The first-order chi connectivity index (χ1) is 24.3. The highest BCUT2D eigenvalue weighted by atomic mass is 79.9. The average Bonchev–Trinajstić information content (AvgIpc) is 3.55. The summed E-state index contributed by atoms with van der Waals surface area (Å²) in [4.78, 5) is 0. The van der Waals surface area contributed by atoms with E-state index in [2.05, 4.69) is 164 Å². The minimum atomic E-state index is -1.50. The smallest absolute Gasteiger partial charge is 0.0656 e. The van der Waals surface area contributed by atoms with E-state index in [1.54, 1.807) is 21.9 Å². The highest BCUT2D eigenvalue weighted by molar-refractivity contribution is 9.10. The number of hydrogen-bond donors (Lipinski definition) is 0. The second-order valence-corrected chi connectivity index (χ2v) is 23.7. The van der Waals surface area contributed by atoms with Crippen molar-refractivity contribution in [2.75, 3.05) is 0 Å². The predicted molar refractivity (Wildman–Crippen MR) is 231 cm³/mol. The van der Waals surface area contributed by atoms with Crippen molar-refractivity contribution in [1.82, 2.24) is 0 Å². The fourth-order valence-electron chi connectivity index (χ4n) is 11.3. The normalized spacial score (nSPS) is 21.4. The fraction of sp³-hybridized carbons (Fsp3) is 0.510. The second kappa shape index (κ2) is 14.8. The van der Waals surface area contributed by atoms with Gasteiger partial charge in [-0.25, -0.2) is 0 Å². The molecule has 0 heterocycles. The molecular weight excluding hydrogens is 697 g/mol. The number of fused-ring (bicyclic) bond motifs is 6. The molecule has 0 fully saturated rings. The first-order valence-electron chi connectivity index (χ1n) is 20.6. The van der Waals surface area contributed by atoms with Crippen molar-refractivity contribution in [1.29, 1.82) is 0 Å². The molecule has 0 spiro atoms. The Morgan fingerprint density at radius 2 is 0.804 bits per heavy atom. The summed E-state index contributed by atoms with van der Waals surface area (Å²) in [6.07, 6.45) is 9.80. The monoisotopic (exact) mass is 760 g/mol. The summed E-state index contributed by atoms with van der Waals surface area (Å²) >= 11 is 3.90. The lowest BCUT2D eigenvalue weighted by molar-refractivity contribution is 0.222. The van der Waals surface area contributed by atoms with E-state index < -0.39 is 8.07 Å². The number of hydrogen-bond acceptors (Lipinski definition) is 0. The van der Waals surface area contributed by atoms with E-state index in [1.165, 1.54) is 94.8 Å². The van der Waals surface area contributed by atoms with E-state index >= 15 is 0 Å². The lowest BCUT2D eigenvalue weighted by atomic mass is 9.59. The van der Waals surface area contributed by atoms with E-state index in [0.717, 1.165) is 0 Å². The maximum atomic E-state index is 3.90. The molecule has 0 saturated carbocycles. The summed E-state index contributed by atoms with van der Waals surface area (Å²) in [6.45, 7) is 27.3. The van der Waals surface area contributed by atoms with Gasteiger partial charge in [0, 0.05) is 15.3 Å². The fourth-order valence-corrected chi connectivity index (χ4v) is 12.8. The van der Waals surface area contributed by atoms with Gasteiger partial charge in [-0.3, -0.25) is 0 Å². The Kier molecular flexibility index (Phi) is 11.1. The van der Waals surface area contributed by atoms with Crippen LogP contribution in [0.1, 0.15) is 129 Å². The van der Waals surface area contributed by atoms with Gasteiger partial charge < -0.3 is 0 Å². The van der Waals surface area contributed by atoms with Crippen LogP contribution in [0.4, 0.5) is 0 Å². The van der Waals surface area contributed by atoms with Crippen LogP contribution in [0.3, 0.4) is 0 Å². The molecule has 0 bridgehead atoms. The number of halogens is 1. The van der Waals surface area contributed by atoms with Gasteiger partial charge in [-0.1, -0.05) is 170 Å². The van der Waals surface area contributed by atoms with Crippen molar-refractivity contribution in [3.05, 3.63) is 99.5 Å².